The van der Waals surface area contributed by atoms with Gasteiger partial charge in [-0.05, 0) is 20.8 Å². The molecule has 0 fully saturated rings. The lowest BCUT2D eigenvalue weighted by Gasteiger charge is -2.11. The van der Waals surface area contributed by atoms with Crippen LogP contribution in [0.3, 0.4) is 0 Å². The van der Waals surface area contributed by atoms with Crippen molar-refractivity contribution in [1.82, 2.24) is 0 Å². The first-order chi connectivity index (χ1) is 4.18. The zero-order valence-electron chi connectivity index (χ0n) is 6.18. The van der Waals surface area contributed by atoms with Crippen molar-refractivity contribution in [2.75, 3.05) is 0 Å². The van der Waals surface area contributed by atoms with Crippen LogP contribution in [0.25, 0.3) is 0 Å². The van der Waals surface area contributed by atoms with E-state index >= 15 is 0 Å². The molecular weight excluding hydrogens is 112 g/mol. The van der Waals surface area contributed by atoms with Crippen LogP contribution < -0.4 is 0 Å². The van der Waals surface area contributed by atoms with E-state index in [1.165, 1.54) is 11.4 Å². The SMILES string of the molecule is CC1=NC(C)N=C(C)C1. The standard InChI is InChI=1S/C7H12N2/c1-5-4-6(2)9-7(3)8-5/h7H,4H2,1-3H3. The van der Waals surface area contributed by atoms with Gasteiger partial charge in [0.15, 0.2) is 0 Å². The van der Waals surface area contributed by atoms with Crippen molar-refractivity contribution in [1.29, 1.82) is 0 Å². The highest BCUT2D eigenvalue weighted by Gasteiger charge is 2.05. The molecule has 0 saturated heterocycles. The lowest BCUT2D eigenvalue weighted by atomic mass is 10.2. The molecule has 1 rings (SSSR count). The minimum absolute atomic E-state index is 0.166. The van der Waals surface area contributed by atoms with E-state index in [0.717, 1.165) is 6.42 Å². The summed E-state index contributed by atoms with van der Waals surface area (Å²) in [6.45, 7) is 6.11. The average Bonchev–Trinajstić information content (AvgIpc) is 1.59. The summed E-state index contributed by atoms with van der Waals surface area (Å²) in [5.74, 6) is 0. The second kappa shape index (κ2) is 2.29. The fourth-order valence-corrected chi connectivity index (χ4v) is 1.13. The van der Waals surface area contributed by atoms with Crippen molar-refractivity contribution in [3.05, 3.63) is 0 Å². The van der Waals surface area contributed by atoms with Gasteiger partial charge in [0.05, 0.1) is 0 Å². The molecular formula is C7H12N2. The quantitative estimate of drug-likeness (QED) is 0.469. The molecule has 2 nitrogen and oxygen atoms in total. The van der Waals surface area contributed by atoms with Gasteiger partial charge in [-0.1, -0.05) is 0 Å². The monoisotopic (exact) mass is 124 g/mol. The highest BCUT2D eigenvalue weighted by Crippen LogP contribution is 2.04. The molecule has 0 aromatic rings. The lowest BCUT2D eigenvalue weighted by Crippen LogP contribution is -2.12. The van der Waals surface area contributed by atoms with Crippen LogP contribution in [0.5, 0.6) is 0 Å². The second-order valence-corrected chi connectivity index (χ2v) is 2.54. The maximum absolute atomic E-state index is 4.26. The Morgan fingerprint density at radius 1 is 1.22 bits per heavy atom. The van der Waals surface area contributed by atoms with Crippen molar-refractivity contribution in [3.8, 4) is 0 Å². The molecule has 1 aliphatic rings. The van der Waals surface area contributed by atoms with E-state index in [9.17, 15) is 0 Å². The Bertz CT molecular complexity index is 150. The summed E-state index contributed by atoms with van der Waals surface area (Å²) < 4.78 is 0. The molecule has 0 aliphatic carbocycles. The molecule has 0 unspecified atom stereocenters. The largest absolute Gasteiger partial charge is 0.268 e. The summed E-state index contributed by atoms with van der Waals surface area (Å²) in [6, 6.07) is 0. The van der Waals surface area contributed by atoms with Crippen LogP contribution in [0.4, 0.5) is 0 Å². The van der Waals surface area contributed by atoms with E-state index in [0.29, 0.717) is 0 Å². The van der Waals surface area contributed by atoms with E-state index in [1.54, 1.807) is 0 Å². The van der Waals surface area contributed by atoms with E-state index in [4.69, 9.17) is 0 Å². The van der Waals surface area contributed by atoms with E-state index in [1.807, 2.05) is 6.92 Å². The lowest BCUT2D eigenvalue weighted by molar-refractivity contribution is 0.777. The third-order valence-corrected chi connectivity index (χ3v) is 1.33. The molecule has 0 amide bonds. The van der Waals surface area contributed by atoms with E-state index < -0.39 is 0 Å². The van der Waals surface area contributed by atoms with Gasteiger partial charge in [0.1, 0.15) is 6.17 Å². The predicted octanol–water partition coefficient (Wildman–Crippen LogP) is 1.66. The topological polar surface area (TPSA) is 24.7 Å². The fourth-order valence-electron chi connectivity index (χ4n) is 1.13. The summed E-state index contributed by atoms with van der Waals surface area (Å²) in [4.78, 5) is 8.52. The van der Waals surface area contributed by atoms with Gasteiger partial charge in [-0.3, -0.25) is 9.98 Å². The molecule has 0 saturated carbocycles. The van der Waals surface area contributed by atoms with Crippen LogP contribution in [0, 0.1) is 0 Å². The molecule has 0 aromatic heterocycles. The maximum Gasteiger partial charge on any atom is 0.136 e. The van der Waals surface area contributed by atoms with Gasteiger partial charge in [-0.25, -0.2) is 0 Å². The Morgan fingerprint density at radius 3 is 2.00 bits per heavy atom. The minimum Gasteiger partial charge on any atom is -0.268 e. The maximum atomic E-state index is 4.26. The fraction of sp³-hybridized carbons (Fsp3) is 0.714. The molecule has 0 aromatic carbocycles. The molecule has 1 heterocycles. The second-order valence-electron chi connectivity index (χ2n) is 2.54. The van der Waals surface area contributed by atoms with Crippen molar-refractivity contribution < 1.29 is 0 Å². The summed E-state index contributed by atoms with van der Waals surface area (Å²) in [5, 5.41) is 0. The van der Waals surface area contributed by atoms with Crippen LogP contribution in [0.1, 0.15) is 27.2 Å². The van der Waals surface area contributed by atoms with Gasteiger partial charge < -0.3 is 0 Å². The molecule has 1 aliphatic heterocycles. The first kappa shape index (κ1) is 6.46. The van der Waals surface area contributed by atoms with Gasteiger partial charge in [0.2, 0.25) is 0 Å². The Hall–Kier alpha value is -0.660. The predicted molar refractivity (Wildman–Crippen MR) is 40.3 cm³/mol. The molecule has 2 heteroatoms. The molecule has 0 radical (unpaired) electrons. The summed E-state index contributed by atoms with van der Waals surface area (Å²) in [6.07, 6.45) is 1.13. The number of rotatable bonds is 0. The van der Waals surface area contributed by atoms with Crippen molar-refractivity contribution in [2.24, 2.45) is 9.98 Å². The number of hydrogen-bond donors (Lipinski definition) is 0. The summed E-state index contributed by atoms with van der Waals surface area (Å²) in [7, 11) is 0. The van der Waals surface area contributed by atoms with Gasteiger partial charge in [0.25, 0.3) is 0 Å². The zero-order chi connectivity index (χ0) is 6.85. The molecule has 0 spiro atoms. The van der Waals surface area contributed by atoms with E-state index in [-0.39, 0.29) is 6.17 Å². The Labute approximate surface area is 55.7 Å². The van der Waals surface area contributed by atoms with Crippen LogP contribution in [-0.2, 0) is 0 Å². The Balaban J connectivity index is 2.69. The van der Waals surface area contributed by atoms with E-state index in [2.05, 4.69) is 23.8 Å². The van der Waals surface area contributed by atoms with Crippen molar-refractivity contribution >= 4 is 11.4 Å². The highest BCUT2D eigenvalue weighted by atomic mass is 15.0. The average molecular weight is 124 g/mol. The van der Waals surface area contributed by atoms with Crippen molar-refractivity contribution in [3.63, 3.8) is 0 Å². The molecule has 0 bridgehead atoms. The van der Waals surface area contributed by atoms with Crippen molar-refractivity contribution in [2.45, 2.75) is 33.4 Å². The first-order valence-corrected chi connectivity index (χ1v) is 3.25. The van der Waals surface area contributed by atoms with Crippen LogP contribution >= 0.6 is 0 Å². The number of nitrogens with zero attached hydrogens (tertiary/aromatic N) is 2. The van der Waals surface area contributed by atoms with Gasteiger partial charge in [0, 0.05) is 17.8 Å². The van der Waals surface area contributed by atoms with Crippen LogP contribution in [-0.4, -0.2) is 17.6 Å². The summed E-state index contributed by atoms with van der Waals surface area (Å²) >= 11 is 0. The smallest absolute Gasteiger partial charge is 0.136 e. The minimum atomic E-state index is 0.166. The van der Waals surface area contributed by atoms with Gasteiger partial charge >= 0.3 is 0 Å². The highest BCUT2D eigenvalue weighted by molar-refractivity contribution is 6.03. The molecule has 50 valence electrons. The first-order valence-electron chi connectivity index (χ1n) is 3.25. The van der Waals surface area contributed by atoms with Crippen LogP contribution in [0.2, 0.25) is 0 Å². The third kappa shape index (κ3) is 1.63. The van der Waals surface area contributed by atoms with Crippen LogP contribution in [0.15, 0.2) is 9.98 Å². The van der Waals surface area contributed by atoms with Gasteiger partial charge in [-0.15, -0.1) is 0 Å². The zero-order valence-corrected chi connectivity index (χ0v) is 6.18. The third-order valence-electron chi connectivity index (χ3n) is 1.33. The Morgan fingerprint density at radius 2 is 1.67 bits per heavy atom. The Kier molecular flexibility index (Phi) is 1.65. The van der Waals surface area contributed by atoms with Gasteiger partial charge in [-0.2, -0.15) is 0 Å². The molecule has 0 atom stereocenters. The molecule has 0 N–H and O–H groups in total. The number of aliphatic imine (C=N–C) groups is 2. The normalized spacial score (nSPS) is 21.2. The summed E-state index contributed by atoms with van der Waals surface area (Å²) in [5.41, 5.74) is 2.41. The molecule has 9 heavy (non-hydrogen) atoms. The number of hydrogen-bond acceptors (Lipinski definition) is 2.